The molecule has 202 valence electrons. The predicted molar refractivity (Wildman–Crippen MR) is 147 cm³/mol. The summed E-state index contributed by atoms with van der Waals surface area (Å²) in [6, 6.07) is 18.3. The molecule has 3 aromatic rings. The van der Waals surface area contributed by atoms with Crippen molar-refractivity contribution in [3.63, 3.8) is 0 Å². The molecular weight excluding hydrogens is 528 g/mol. The molecule has 2 N–H and O–H groups in total. The Hall–Kier alpha value is -3.40. The van der Waals surface area contributed by atoms with Gasteiger partial charge in [0, 0.05) is 5.69 Å². The maximum Gasteiger partial charge on any atom is 0.338 e. The third kappa shape index (κ3) is 8.31. The van der Waals surface area contributed by atoms with Crippen LogP contribution in [0.2, 0.25) is 5.02 Å². The standard InChI is InChI=1S/C28H31ClN2O6S/c1-3-5-17-37-28(33)21-11-13-22(14-12-21)30-27(32)25(18-20-9-7-6-8-10-20)31-38(34,35)23-15-16-26(36-4-2)24(29)19-23/h6-16,19,25,31H,3-5,17-18H2,1-2H3,(H,30,32). The van der Waals surface area contributed by atoms with Crippen LogP contribution in [0.3, 0.4) is 0 Å². The second-order valence-electron chi connectivity index (χ2n) is 8.44. The van der Waals surface area contributed by atoms with Crippen LogP contribution in [0.1, 0.15) is 42.6 Å². The third-order valence-electron chi connectivity index (χ3n) is 5.53. The number of sulfonamides is 1. The highest BCUT2D eigenvalue weighted by atomic mass is 35.5. The van der Waals surface area contributed by atoms with E-state index in [1.54, 1.807) is 43.3 Å². The third-order valence-corrected chi connectivity index (χ3v) is 7.29. The van der Waals surface area contributed by atoms with E-state index in [0.717, 1.165) is 18.4 Å². The van der Waals surface area contributed by atoms with Crippen LogP contribution < -0.4 is 14.8 Å². The molecule has 0 aliphatic rings. The summed E-state index contributed by atoms with van der Waals surface area (Å²) in [6.45, 7) is 4.52. The summed E-state index contributed by atoms with van der Waals surface area (Å²) in [5.74, 6) is -0.642. The minimum Gasteiger partial charge on any atom is -0.492 e. The van der Waals surface area contributed by atoms with Gasteiger partial charge in [-0.15, -0.1) is 0 Å². The van der Waals surface area contributed by atoms with Crippen molar-refractivity contribution in [3.05, 3.63) is 88.9 Å². The van der Waals surface area contributed by atoms with Crippen LogP contribution in [0.25, 0.3) is 0 Å². The summed E-state index contributed by atoms with van der Waals surface area (Å²) >= 11 is 6.19. The maximum atomic E-state index is 13.2. The number of unbranched alkanes of at least 4 members (excludes halogenated alkanes) is 1. The Morgan fingerprint density at radius 3 is 2.32 bits per heavy atom. The lowest BCUT2D eigenvalue weighted by molar-refractivity contribution is -0.117. The van der Waals surface area contributed by atoms with Crippen molar-refractivity contribution in [1.29, 1.82) is 0 Å². The molecular formula is C28H31ClN2O6S. The van der Waals surface area contributed by atoms with Crippen molar-refractivity contribution in [2.75, 3.05) is 18.5 Å². The molecule has 1 amide bonds. The van der Waals surface area contributed by atoms with Gasteiger partial charge in [0.1, 0.15) is 11.8 Å². The van der Waals surface area contributed by atoms with Crippen LogP contribution in [-0.2, 0) is 26.0 Å². The average Bonchev–Trinajstić information content (AvgIpc) is 2.90. The SMILES string of the molecule is CCCCOC(=O)c1ccc(NC(=O)C(Cc2ccccc2)NS(=O)(=O)c2ccc(OCC)c(Cl)c2)cc1. The summed E-state index contributed by atoms with van der Waals surface area (Å²) in [5, 5.41) is 2.87. The second-order valence-corrected chi connectivity index (χ2v) is 10.6. The fraction of sp³-hybridized carbons (Fsp3) is 0.286. The van der Waals surface area contributed by atoms with Crippen molar-refractivity contribution in [2.45, 2.75) is 44.0 Å². The molecule has 38 heavy (non-hydrogen) atoms. The van der Waals surface area contributed by atoms with Crippen molar-refractivity contribution in [2.24, 2.45) is 0 Å². The van der Waals surface area contributed by atoms with Crippen molar-refractivity contribution < 1.29 is 27.5 Å². The molecule has 0 spiro atoms. The molecule has 0 aromatic heterocycles. The zero-order chi connectivity index (χ0) is 27.5. The first-order valence-electron chi connectivity index (χ1n) is 12.3. The van der Waals surface area contributed by atoms with E-state index in [4.69, 9.17) is 21.1 Å². The maximum absolute atomic E-state index is 13.2. The van der Waals surface area contributed by atoms with Gasteiger partial charge in [0.05, 0.1) is 28.7 Å². The quantitative estimate of drug-likeness (QED) is 0.220. The predicted octanol–water partition coefficient (Wildman–Crippen LogP) is 5.22. The van der Waals surface area contributed by atoms with E-state index in [1.165, 1.54) is 18.2 Å². The number of esters is 1. The summed E-state index contributed by atoms with van der Waals surface area (Å²) in [6.07, 6.45) is 1.80. The molecule has 0 saturated heterocycles. The molecule has 0 aliphatic heterocycles. The highest BCUT2D eigenvalue weighted by Gasteiger charge is 2.27. The molecule has 0 saturated carbocycles. The van der Waals surface area contributed by atoms with Gasteiger partial charge in [-0.2, -0.15) is 4.72 Å². The van der Waals surface area contributed by atoms with Gasteiger partial charge >= 0.3 is 5.97 Å². The molecule has 0 radical (unpaired) electrons. The number of hydrogen-bond acceptors (Lipinski definition) is 6. The molecule has 0 heterocycles. The molecule has 0 aliphatic carbocycles. The highest BCUT2D eigenvalue weighted by Crippen LogP contribution is 2.27. The number of rotatable bonds is 13. The fourth-order valence-corrected chi connectivity index (χ4v) is 5.05. The van der Waals surface area contributed by atoms with Crippen LogP contribution in [0.5, 0.6) is 5.75 Å². The van der Waals surface area contributed by atoms with Crippen LogP contribution >= 0.6 is 11.6 Å². The molecule has 0 bridgehead atoms. The van der Waals surface area contributed by atoms with Crippen LogP contribution in [0.4, 0.5) is 5.69 Å². The minimum atomic E-state index is -4.11. The number of carbonyl (C=O) groups excluding carboxylic acids is 2. The Balaban J connectivity index is 1.78. The zero-order valence-corrected chi connectivity index (χ0v) is 22.8. The normalized spacial score (nSPS) is 12.0. The zero-order valence-electron chi connectivity index (χ0n) is 21.3. The Kier molecular flexibility index (Phi) is 10.7. The van der Waals surface area contributed by atoms with E-state index < -0.39 is 27.9 Å². The van der Waals surface area contributed by atoms with E-state index in [1.807, 2.05) is 25.1 Å². The van der Waals surface area contributed by atoms with Gasteiger partial charge in [-0.25, -0.2) is 13.2 Å². The number of ether oxygens (including phenoxy) is 2. The highest BCUT2D eigenvalue weighted by molar-refractivity contribution is 7.89. The summed E-state index contributed by atoms with van der Waals surface area (Å²) < 4.78 is 39.5. The van der Waals surface area contributed by atoms with Crippen LogP contribution in [0, 0.1) is 0 Å². The number of halogens is 1. The van der Waals surface area contributed by atoms with Gasteiger partial charge in [-0.05, 0) is 67.8 Å². The molecule has 1 unspecified atom stereocenters. The first-order chi connectivity index (χ1) is 18.2. The summed E-state index contributed by atoms with van der Waals surface area (Å²) in [5.41, 5.74) is 1.53. The number of nitrogens with one attached hydrogen (secondary N) is 2. The van der Waals surface area contributed by atoms with Crippen LogP contribution in [0.15, 0.2) is 77.7 Å². The van der Waals surface area contributed by atoms with Gasteiger partial charge in [-0.1, -0.05) is 55.3 Å². The fourth-order valence-electron chi connectivity index (χ4n) is 3.53. The van der Waals surface area contributed by atoms with Crippen molar-refractivity contribution >= 4 is 39.2 Å². The number of benzene rings is 3. The summed E-state index contributed by atoms with van der Waals surface area (Å²) in [7, 11) is -4.11. The molecule has 1 atom stereocenters. The average molecular weight is 559 g/mol. The Morgan fingerprint density at radius 2 is 1.68 bits per heavy atom. The van der Waals surface area contributed by atoms with E-state index in [0.29, 0.717) is 30.2 Å². The summed E-state index contributed by atoms with van der Waals surface area (Å²) in [4.78, 5) is 25.3. The monoisotopic (exact) mass is 558 g/mol. The Morgan fingerprint density at radius 1 is 0.974 bits per heavy atom. The molecule has 0 fully saturated rings. The molecule has 3 rings (SSSR count). The van der Waals surface area contributed by atoms with Gasteiger partial charge in [0.2, 0.25) is 15.9 Å². The van der Waals surface area contributed by atoms with E-state index in [9.17, 15) is 18.0 Å². The number of carbonyl (C=O) groups is 2. The lowest BCUT2D eigenvalue weighted by atomic mass is 10.1. The van der Waals surface area contributed by atoms with E-state index in [-0.39, 0.29) is 16.3 Å². The molecule has 10 heteroatoms. The van der Waals surface area contributed by atoms with Gasteiger partial charge in [0.25, 0.3) is 0 Å². The van der Waals surface area contributed by atoms with Gasteiger partial charge in [-0.3, -0.25) is 4.79 Å². The number of hydrogen-bond donors (Lipinski definition) is 2. The topological polar surface area (TPSA) is 111 Å². The van der Waals surface area contributed by atoms with E-state index >= 15 is 0 Å². The van der Waals surface area contributed by atoms with Crippen molar-refractivity contribution in [3.8, 4) is 5.75 Å². The lowest BCUT2D eigenvalue weighted by Crippen LogP contribution is -2.45. The number of anilines is 1. The molecule has 3 aromatic carbocycles. The Bertz CT molecular complexity index is 1330. The van der Waals surface area contributed by atoms with Crippen molar-refractivity contribution in [1.82, 2.24) is 4.72 Å². The second kappa shape index (κ2) is 13.9. The largest absolute Gasteiger partial charge is 0.492 e. The first-order valence-corrected chi connectivity index (χ1v) is 14.2. The first kappa shape index (κ1) is 29.2. The lowest BCUT2D eigenvalue weighted by Gasteiger charge is -2.19. The number of amides is 1. The van der Waals surface area contributed by atoms with E-state index in [2.05, 4.69) is 10.0 Å². The minimum absolute atomic E-state index is 0.0947. The smallest absolute Gasteiger partial charge is 0.338 e. The van der Waals surface area contributed by atoms with Gasteiger partial charge in [0.15, 0.2) is 0 Å². The Labute approximate surface area is 228 Å². The molecule has 8 nitrogen and oxygen atoms in total. The van der Waals surface area contributed by atoms with Crippen LogP contribution in [-0.4, -0.2) is 39.5 Å². The van der Waals surface area contributed by atoms with Gasteiger partial charge < -0.3 is 14.8 Å².